The summed E-state index contributed by atoms with van der Waals surface area (Å²) < 4.78 is 0. The van der Waals surface area contributed by atoms with Gasteiger partial charge in [-0.3, -0.25) is 52.7 Å². The Balaban J connectivity index is 1.57. The molecule has 0 spiro atoms. The van der Waals surface area contributed by atoms with Crippen molar-refractivity contribution < 1.29 is 63.0 Å². The maximum Gasteiger partial charge on any atom is 0.250 e. The molecule has 2 heterocycles. The Morgan fingerprint density at radius 2 is 1.22 bits per heavy atom. The molecule has 470 valence electrons. The monoisotopic (exact) mass is 1220 g/mol. The summed E-state index contributed by atoms with van der Waals surface area (Å²) in [6, 6.07) is 4.82. The minimum atomic E-state index is -1.75. The van der Waals surface area contributed by atoms with Gasteiger partial charge in [0.2, 0.25) is 65.0 Å². The molecule has 2 fully saturated rings. The van der Waals surface area contributed by atoms with Crippen LogP contribution in [0.4, 0.5) is 0 Å². The van der Waals surface area contributed by atoms with Crippen LogP contribution in [0.15, 0.2) is 54.6 Å². The summed E-state index contributed by atoms with van der Waals surface area (Å²) in [5.74, 6) is -9.56. The number of nitrogens with one attached hydrogen (secondary N) is 8. The number of carbonyl (C=O) groups is 11. The van der Waals surface area contributed by atoms with Gasteiger partial charge in [0.05, 0.1) is 13.0 Å². The average Bonchev–Trinajstić information content (AvgIpc) is 4.23. The highest BCUT2D eigenvalue weighted by Crippen LogP contribution is 2.26. The maximum atomic E-state index is 14.8. The number of carbonyl (C=O) groups excluding carboxylic acids is 11. The summed E-state index contributed by atoms with van der Waals surface area (Å²) in [7, 11) is 1.88. The smallest absolute Gasteiger partial charge is 0.250 e. The molecule has 0 aliphatic carbocycles. The van der Waals surface area contributed by atoms with E-state index < -0.39 is 120 Å². The zero-order valence-corrected chi connectivity index (χ0v) is 50.4. The lowest BCUT2D eigenvalue weighted by Crippen LogP contribution is -2.61. The number of phenols is 1. The number of hydrogen-bond acceptors (Lipinski definition) is 16. The summed E-state index contributed by atoms with van der Waals surface area (Å²) in [5.41, 5.74) is 17.6. The third kappa shape index (κ3) is 26.5. The van der Waals surface area contributed by atoms with Gasteiger partial charge in [-0.1, -0.05) is 116 Å². The Morgan fingerprint density at radius 3 is 1.85 bits per heavy atom. The van der Waals surface area contributed by atoms with Gasteiger partial charge in [0.25, 0.3) is 0 Å². The van der Waals surface area contributed by atoms with Crippen molar-refractivity contribution >= 4 is 86.6 Å². The number of aliphatic hydroxyl groups is 1. The van der Waals surface area contributed by atoms with Crippen LogP contribution >= 0.6 is 21.6 Å². The molecule has 0 bridgehead atoms. The first-order chi connectivity index (χ1) is 40.6. The SMILES string of the molecule is CC(C)C[C@@H]1NC(=O)[C@H](Cc2ccccc2)NC(=O)[C@H](Cc2ccc(O)cc2)NC(=O)[C@H](O)CSSC[C@@H](C(=O)N2CCC[C@H]2C(=O)N[C@@H](CCCCNC(=O)CCCCCCCCCCN)C(=O)NCC(N)=O)NC(=O)[C@H](CC(N)=O)NC1=O. The molecule has 85 heavy (non-hydrogen) atoms. The van der Waals surface area contributed by atoms with E-state index in [1.165, 1.54) is 29.2 Å². The highest BCUT2D eigenvalue weighted by Gasteiger charge is 2.41. The van der Waals surface area contributed by atoms with E-state index >= 15 is 0 Å². The standard InChI is InChI=1S/C58H88N12O13S2/c1-36(2)29-41-52(77)67-44(32-48(60)73)55(80)69-45(34-84-85-35-47(72)57(82)68-43(31-38-22-24-39(71)25-23-38)54(79)66-42(53(78)65-41)30-37-17-10-9-11-18-37)58(83)70-28-16-20-46(70)56(81)64-40(51(76)63-33-49(61)74)19-13-15-27-62-50(75)21-12-7-5-3-4-6-8-14-26-59/h9-11,17-18,22-25,36,40-47,71-72H,3-8,12-16,19-21,26-35,59H2,1-2H3,(H2,60,73)(H2,61,74)(H,62,75)(H,63,76)(H,64,81)(H,65,78)(H,66,79)(H,67,77)(H,68,82)(H,69,80)/t40-,41-,42-,43-,44-,45-,46-,47+/m0/s1. The Morgan fingerprint density at radius 1 is 0.659 bits per heavy atom. The van der Waals surface area contributed by atoms with E-state index in [9.17, 15) is 63.0 Å². The highest BCUT2D eigenvalue weighted by atomic mass is 33.1. The summed E-state index contributed by atoms with van der Waals surface area (Å²) in [4.78, 5) is 152. The fourth-order valence-electron chi connectivity index (χ4n) is 9.70. The van der Waals surface area contributed by atoms with Crippen molar-refractivity contribution in [2.45, 2.75) is 178 Å². The van der Waals surface area contributed by atoms with Crippen LogP contribution in [0.2, 0.25) is 0 Å². The number of rotatable bonds is 29. The van der Waals surface area contributed by atoms with Crippen LogP contribution in [0.5, 0.6) is 5.75 Å². The molecule has 8 atom stereocenters. The molecule has 2 saturated heterocycles. The number of primary amides is 2. The molecule has 2 aromatic rings. The summed E-state index contributed by atoms with van der Waals surface area (Å²) in [5, 5.41) is 42.3. The van der Waals surface area contributed by atoms with Gasteiger partial charge in [0.15, 0.2) is 0 Å². The number of nitrogens with zero attached hydrogens (tertiary/aromatic N) is 1. The number of phenolic OH excluding ortho intramolecular Hbond substituents is 1. The van der Waals surface area contributed by atoms with E-state index in [4.69, 9.17) is 17.2 Å². The average molecular weight is 1230 g/mol. The molecule has 0 radical (unpaired) electrons. The summed E-state index contributed by atoms with van der Waals surface area (Å²) in [6.45, 7) is 4.08. The second kappa shape index (κ2) is 38.2. The van der Waals surface area contributed by atoms with E-state index in [1.54, 1.807) is 44.2 Å². The Kier molecular flexibility index (Phi) is 31.7. The first-order valence-electron chi connectivity index (χ1n) is 29.3. The fraction of sp³-hybridized carbons (Fsp3) is 0.603. The number of aromatic hydroxyl groups is 1. The van der Waals surface area contributed by atoms with Gasteiger partial charge in [-0.2, -0.15) is 0 Å². The van der Waals surface area contributed by atoms with Gasteiger partial charge in [-0.15, -0.1) is 0 Å². The van der Waals surface area contributed by atoms with Gasteiger partial charge in [0.1, 0.15) is 54.1 Å². The van der Waals surface area contributed by atoms with Crippen LogP contribution in [0.1, 0.15) is 128 Å². The number of unbranched alkanes of at least 4 members (excludes halogenated alkanes) is 8. The minimum absolute atomic E-state index is 0.00253. The number of likely N-dealkylation sites (tertiary alicyclic amines) is 1. The first-order valence-corrected chi connectivity index (χ1v) is 31.8. The Labute approximate surface area is 504 Å². The normalized spacial score (nSPS) is 21.5. The van der Waals surface area contributed by atoms with E-state index in [-0.39, 0.29) is 67.7 Å². The predicted molar refractivity (Wildman–Crippen MR) is 322 cm³/mol. The van der Waals surface area contributed by atoms with E-state index in [1.807, 2.05) is 0 Å². The summed E-state index contributed by atoms with van der Waals surface area (Å²) >= 11 is 0. The van der Waals surface area contributed by atoms with Crippen molar-refractivity contribution in [3.63, 3.8) is 0 Å². The molecule has 0 saturated carbocycles. The number of aliphatic hydroxyl groups excluding tert-OH is 1. The number of hydrogen-bond donors (Lipinski definition) is 13. The van der Waals surface area contributed by atoms with E-state index in [2.05, 4.69) is 42.5 Å². The van der Waals surface area contributed by atoms with E-state index in [0.717, 1.165) is 73.0 Å². The number of benzene rings is 2. The van der Waals surface area contributed by atoms with Crippen molar-refractivity contribution in [2.75, 3.05) is 37.7 Å². The van der Waals surface area contributed by atoms with Crippen molar-refractivity contribution in [3.05, 3.63) is 65.7 Å². The fourth-order valence-corrected chi connectivity index (χ4v) is 11.9. The lowest BCUT2D eigenvalue weighted by Gasteiger charge is -2.31. The van der Waals surface area contributed by atoms with Crippen LogP contribution in [0.25, 0.3) is 0 Å². The van der Waals surface area contributed by atoms with Crippen LogP contribution in [0, 0.1) is 5.92 Å². The molecule has 11 amide bonds. The zero-order chi connectivity index (χ0) is 62.3. The van der Waals surface area contributed by atoms with Crippen LogP contribution in [-0.2, 0) is 65.6 Å². The minimum Gasteiger partial charge on any atom is -0.508 e. The molecule has 0 aromatic heterocycles. The molecule has 2 aromatic carbocycles. The highest BCUT2D eigenvalue weighted by molar-refractivity contribution is 8.76. The zero-order valence-electron chi connectivity index (χ0n) is 48.7. The molecule has 4 rings (SSSR count). The Hall–Kier alpha value is -6.97. The van der Waals surface area contributed by atoms with Crippen molar-refractivity contribution in [1.29, 1.82) is 0 Å². The molecule has 27 heteroatoms. The predicted octanol–water partition coefficient (Wildman–Crippen LogP) is 0.112. The molecule has 0 unspecified atom stereocenters. The molecule has 2 aliphatic heterocycles. The maximum absolute atomic E-state index is 14.8. The number of amides is 11. The second-order valence-corrected chi connectivity index (χ2v) is 24.5. The molecule has 16 N–H and O–H groups in total. The first kappa shape index (κ1) is 70.5. The van der Waals surface area contributed by atoms with E-state index in [0.29, 0.717) is 49.9 Å². The van der Waals surface area contributed by atoms with Gasteiger partial charge < -0.3 is 74.8 Å². The van der Waals surface area contributed by atoms with Gasteiger partial charge >= 0.3 is 0 Å². The Bertz CT molecular complexity index is 2530. The van der Waals surface area contributed by atoms with Gasteiger partial charge in [-0.25, -0.2) is 0 Å². The second-order valence-electron chi connectivity index (χ2n) is 21.9. The third-order valence-electron chi connectivity index (χ3n) is 14.3. The summed E-state index contributed by atoms with van der Waals surface area (Å²) in [6.07, 6.45) is 7.35. The third-order valence-corrected chi connectivity index (χ3v) is 16.7. The van der Waals surface area contributed by atoms with Gasteiger partial charge in [0, 0.05) is 43.9 Å². The lowest BCUT2D eigenvalue weighted by atomic mass is 9.99. The van der Waals surface area contributed by atoms with Crippen molar-refractivity contribution in [1.82, 2.24) is 47.4 Å². The molecular formula is C58H88N12O13S2. The van der Waals surface area contributed by atoms with Crippen molar-refractivity contribution in [2.24, 2.45) is 23.1 Å². The van der Waals surface area contributed by atoms with Crippen molar-refractivity contribution in [3.8, 4) is 5.75 Å². The molecular weight excluding hydrogens is 1140 g/mol. The topological polar surface area (TPSA) is 406 Å². The quantitative estimate of drug-likeness (QED) is 0.0380. The van der Waals surface area contributed by atoms with Crippen LogP contribution in [0.3, 0.4) is 0 Å². The largest absolute Gasteiger partial charge is 0.508 e. The van der Waals surface area contributed by atoms with Gasteiger partial charge in [-0.05, 0) is 87.1 Å². The molecule has 2 aliphatic rings. The van der Waals surface area contributed by atoms with Crippen LogP contribution < -0.4 is 59.7 Å². The molecule has 25 nitrogen and oxygen atoms in total. The number of nitrogens with two attached hydrogens (primary N) is 3. The van der Waals surface area contributed by atoms with Crippen LogP contribution in [-0.4, -0.2) is 166 Å². The lowest BCUT2D eigenvalue weighted by molar-refractivity contribution is -0.142.